The fraction of sp³-hybridized carbons (Fsp3) is 0.357. The lowest BCUT2D eigenvalue weighted by atomic mass is 10.1. The highest BCUT2D eigenvalue weighted by atomic mass is 32.2. The second kappa shape index (κ2) is 6.47. The summed E-state index contributed by atoms with van der Waals surface area (Å²) in [6.07, 6.45) is 7.05. The molecule has 3 heterocycles. The van der Waals surface area contributed by atoms with E-state index in [1.165, 1.54) is 22.9 Å². The van der Waals surface area contributed by atoms with Gasteiger partial charge in [-0.25, -0.2) is 0 Å². The van der Waals surface area contributed by atoms with E-state index in [0.29, 0.717) is 0 Å². The summed E-state index contributed by atoms with van der Waals surface area (Å²) in [5, 5.41) is 1.05. The van der Waals surface area contributed by atoms with E-state index in [2.05, 4.69) is 31.8 Å². The van der Waals surface area contributed by atoms with Crippen LogP contribution in [-0.4, -0.2) is 38.8 Å². The van der Waals surface area contributed by atoms with Crippen molar-refractivity contribution in [1.82, 2.24) is 18.6 Å². The van der Waals surface area contributed by atoms with Crippen LogP contribution in [0.4, 0.5) is 0 Å². The third-order valence-corrected chi connectivity index (χ3v) is 4.91. The van der Waals surface area contributed by atoms with Gasteiger partial charge < -0.3 is 4.90 Å². The molecule has 0 saturated carbocycles. The normalized spacial score (nSPS) is 16.1. The molecule has 0 bridgehead atoms. The molecular weight excluding hydrogens is 288 g/mol. The molecular formula is C14H16N4S2. The molecule has 1 aliphatic heterocycles. The van der Waals surface area contributed by atoms with Gasteiger partial charge in [0.1, 0.15) is 10.7 Å². The van der Waals surface area contributed by atoms with Gasteiger partial charge in [-0.3, -0.25) is 4.98 Å². The average molecular weight is 304 g/mol. The summed E-state index contributed by atoms with van der Waals surface area (Å²) in [6.45, 7) is 2.09. The van der Waals surface area contributed by atoms with E-state index < -0.39 is 0 Å². The molecule has 0 atom stereocenters. The number of pyridine rings is 1. The van der Waals surface area contributed by atoms with Crippen LogP contribution in [0.3, 0.4) is 0 Å². The van der Waals surface area contributed by atoms with Crippen LogP contribution < -0.4 is 0 Å². The third-order valence-electron chi connectivity index (χ3n) is 3.23. The molecule has 0 radical (unpaired) electrons. The van der Waals surface area contributed by atoms with Gasteiger partial charge in [0.15, 0.2) is 0 Å². The first-order chi connectivity index (χ1) is 9.83. The first-order valence-electron chi connectivity index (χ1n) is 6.55. The zero-order valence-corrected chi connectivity index (χ0v) is 13.0. The second-order valence-electron chi connectivity index (χ2n) is 4.82. The minimum Gasteiger partial charge on any atom is -0.302 e. The molecule has 2 aromatic heterocycles. The molecule has 0 unspecified atom stereocenters. The van der Waals surface area contributed by atoms with Gasteiger partial charge in [0.25, 0.3) is 0 Å². The van der Waals surface area contributed by atoms with Crippen molar-refractivity contribution < 1.29 is 0 Å². The van der Waals surface area contributed by atoms with E-state index >= 15 is 0 Å². The SMILES string of the molecule is CN1CCC=C(c2nsnc2SCc2ccncc2)C1. The first-order valence-corrected chi connectivity index (χ1v) is 8.27. The molecule has 104 valence electrons. The minimum atomic E-state index is 0.907. The molecule has 3 rings (SSSR count). The molecule has 0 saturated heterocycles. The Hall–Kier alpha value is -1.24. The van der Waals surface area contributed by atoms with Crippen molar-refractivity contribution in [2.24, 2.45) is 0 Å². The van der Waals surface area contributed by atoms with E-state index in [1.54, 1.807) is 11.8 Å². The maximum absolute atomic E-state index is 4.49. The Morgan fingerprint density at radius 3 is 2.95 bits per heavy atom. The highest BCUT2D eigenvalue weighted by Crippen LogP contribution is 2.30. The molecule has 0 fully saturated rings. The summed E-state index contributed by atoms with van der Waals surface area (Å²) < 4.78 is 8.94. The molecule has 2 aromatic rings. The van der Waals surface area contributed by atoms with Gasteiger partial charge in [-0.1, -0.05) is 17.8 Å². The number of likely N-dealkylation sites (N-methyl/N-ethyl adjacent to an activating group) is 1. The standard InChI is InChI=1S/C14H16N4S2/c1-18-8-2-3-12(9-18)13-14(17-20-16-13)19-10-11-4-6-15-7-5-11/h3-7H,2,8-10H2,1H3. The van der Waals surface area contributed by atoms with Crippen molar-refractivity contribution in [3.8, 4) is 0 Å². The summed E-state index contributed by atoms with van der Waals surface area (Å²) in [5.41, 5.74) is 3.64. The number of hydrogen-bond donors (Lipinski definition) is 0. The van der Waals surface area contributed by atoms with Crippen molar-refractivity contribution >= 4 is 29.1 Å². The fourth-order valence-corrected chi connectivity index (χ4v) is 3.83. The first kappa shape index (κ1) is 13.7. The van der Waals surface area contributed by atoms with Crippen LogP contribution in [-0.2, 0) is 5.75 Å². The highest BCUT2D eigenvalue weighted by Gasteiger charge is 2.17. The van der Waals surface area contributed by atoms with Gasteiger partial charge in [-0.05, 0) is 36.7 Å². The Morgan fingerprint density at radius 2 is 2.15 bits per heavy atom. The van der Waals surface area contributed by atoms with Gasteiger partial charge in [0.05, 0.1) is 11.7 Å². The van der Waals surface area contributed by atoms with E-state index in [1.807, 2.05) is 24.5 Å². The molecule has 0 amide bonds. The van der Waals surface area contributed by atoms with Crippen molar-refractivity contribution in [3.63, 3.8) is 0 Å². The predicted molar refractivity (Wildman–Crippen MR) is 83.8 cm³/mol. The van der Waals surface area contributed by atoms with Crippen LogP contribution in [0.1, 0.15) is 17.7 Å². The van der Waals surface area contributed by atoms with Crippen molar-refractivity contribution in [1.29, 1.82) is 0 Å². The Labute approximate surface area is 127 Å². The van der Waals surface area contributed by atoms with Crippen LogP contribution in [0.5, 0.6) is 0 Å². The summed E-state index contributed by atoms with van der Waals surface area (Å²) in [6, 6.07) is 4.08. The smallest absolute Gasteiger partial charge is 0.138 e. The molecule has 4 nitrogen and oxygen atoms in total. The summed E-state index contributed by atoms with van der Waals surface area (Å²) >= 11 is 3.06. The molecule has 0 N–H and O–H groups in total. The molecule has 6 heteroatoms. The molecule has 0 aromatic carbocycles. The Balaban J connectivity index is 1.72. The maximum Gasteiger partial charge on any atom is 0.138 e. The van der Waals surface area contributed by atoms with Gasteiger partial charge >= 0.3 is 0 Å². The lowest BCUT2D eigenvalue weighted by molar-refractivity contribution is 0.372. The maximum atomic E-state index is 4.49. The summed E-state index contributed by atoms with van der Waals surface area (Å²) in [4.78, 5) is 6.37. The van der Waals surface area contributed by atoms with Crippen molar-refractivity contribution in [2.45, 2.75) is 17.2 Å². The van der Waals surface area contributed by atoms with Crippen LogP contribution in [0.2, 0.25) is 0 Å². The van der Waals surface area contributed by atoms with E-state index in [9.17, 15) is 0 Å². The minimum absolute atomic E-state index is 0.907. The summed E-state index contributed by atoms with van der Waals surface area (Å²) in [7, 11) is 2.15. The Bertz CT molecular complexity index is 594. The van der Waals surface area contributed by atoms with Crippen molar-refractivity contribution in [2.75, 3.05) is 20.1 Å². The van der Waals surface area contributed by atoms with Crippen molar-refractivity contribution in [3.05, 3.63) is 41.9 Å². The van der Waals surface area contributed by atoms with E-state index in [-0.39, 0.29) is 0 Å². The molecule has 1 aliphatic rings. The van der Waals surface area contributed by atoms with Crippen LogP contribution >= 0.6 is 23.5 Å². The summed E-state index contributed by atoms with van der Waals surface area (Å²) in [5.74, 6) is 0.907. The lowest BCUT2D eigenvalue weighted by Gasteiger charge is -2.22. The zero-order valence-electron chi connectivity index (χ0n) is 11.3. The third kappa shape index (κ3) is 3.26. The fourth-order valence-electron chi connectivity index (χ4n) is 2.17. The average Bonchev–Trinajstić information content (AvgIpc) is 2.95. The number of nitrogens with zero attached hydrogens (tertiary/aromatic N) is 4. The van der Waals surface area contributed by atoms with Crippen LogP contribution in [0.25, 0.3) is 5.57 Å². The van der Waals surface area contributed by atoms with E-state index in [4.69, 9.17) is 0 Å². The monoisotopic (exact) mass is 304 g/mol. The van der Waals surface area contributed by atoms with Gasteiger partial charge in [0.2, 0.25) is 0 Å². The lowest BCUT2D eigenvalue weighted by Crippen LogP contribution is -2.25. The molecule has 0 spiro atoms. The molecule has 0 aliphatic carbocycles. The number of thioether (sulfide) groups is 1. The van der Waals surface area contributed by atoms with Gasteiger partial charge in [-0.15, -0.1) is 0 Å². The number of aromatic nitrogens is 3. The van der Waals surface area contributed by atoms with Gasteiger partial charge in [0, 0.05) is 31.2 Å². The topological polar surface area (TPSA) is 41.9 Å². The number of hydrogen-bond acceptors (Lipinski definition) is 6. The number of rotatable bonds is 4. The van der Waals surface area contributed by atoms with Crippen LogP contribution in [0, 0.1) is 0 Å². The van der Waals surface area contributed by atoms with Crippen LogP contribution in [0.15, 0.2) is 35.6 Å². The quantitative estimate of drug-likeness (QED) is 0.812. The van der Waals surface area contributed by atoms with E-state index in [0.717, 1.165) is 36.0 Å². The second-order valence-corrected chi connectivity index (χ2v) is 6.31. The Kier molecular flexibility index (Phi) is 4.44. The predicted octanol–water partition coefficient (Wildman–Crippen LogP) is 2.94. The Morgan fingerprint density at radius 1 is 1.30 bits per heavy atom. The van der Waals surface area contributed by atoms with Gasteiger partial charge in [-0.2, -0.15) is 8.75 Å². The zero-order chi connectivity index (χ0) is 13.8. The molecule has 20 heavy (non-hydrogen) atoms. The largest absolute Gasteiger partial charge is 0.302 e. The highest BCUT2D eigenvalue weighted by molar-refractivity contribution is 7.98.